The van der Waals surface area contributed by atoms with Crippen LogP contribution in [0.1, 0.15) is 40.4 Å². The summed E-state index contributed by atoms with van der Waals surface area (Å²) in [6, 6.07) is 19.9. The van der Waals surface area contributed by atoms with E-state index in [1.165, 1.54) is 16.7 Å². The van der Waals surface area contributed by atoms with Gasteiger partial charge in [0, 0.05) is 24.7 Å². The van der Waals surface area contributed by atoms with E-state index in [0.717, 1.165) is 12.8 Å². The Morgan fingerprint density at radius 3 is 2.59 bits per heavy atom. The summed E-state index contributed by atoms with van der Waals surface area (Å²) < 4.78 is 12.0. The first-order valence-electron chi connectivity index (χ1n) is 13.3. The van der Waals surface area contributed by atoms with Crippen LogP contribution in [0.4, 0.5) is 0 Å². The largest absolute Gasteiger partial charge is 0.465 e. The lowest BCUT2D eigenvalue weighted by molar-refractivity contribution is -0.142. The molecule has 1 aliphatic rings. The average Bonchev–Trinajstić information content (AvgIpc) is 3.67. The fourth-order valence-electron chi connectivity index (χ4n) is 4.90. The predicted molar refractivity (Wildman–Crippen MR) is 152 cm³/mol. The molecule has 1 fully saturated rings. The van der Waals surface area contributed by atoms with E-state index in [9.17, 15) is 14.4 Å². The quantitative estimate of drug-likeness (QED) is 0.285. The van der Waals surface area contributed by atoms with E-state index in [1.54, 1.807) is 36.4 Å². The van der Waals surface area contributed by atoms with E-state index in [1.807, 2.05) is 36.4 Å². The van der Waals surface area contributed by atoms with Crippen molar-refractivity contribution in [3.63, 3.8) is 0 Å². The van der Waals surface area contributed by atoms with Crippen molar-refractivity contribution < 1.29 is 23.9 Å². The number of rotatable bonds is 10. The molecule has 10 nitrogen and oxygen atoms in total. The molecule has 1 saturated heterocycles. The number of nitrogens with zero attached hydrogens (tertiary/aromatic N) is 4. The summed E-state index contributed by atoms with van der Waals surface area (Å²) >= 11 is 6.51. The molecule has 1 N–H and O–H groups in total. The Labute approximate surface area is 242 Å². The van der Waals surface area contributed by atoms with E-state index in [0.29, 0.717) is 45.9 Å². The molecule has 1 aliphatic heterocycles. The first kappa shape index (κ1) is 28.3. The molecular weight excluding hydrogens is 546 g/mol. The number of benzene rings is 3. The maximum atomic E-state index is 14.1. The third kappa shape index (κ3) is 6.55. The van der Waals surface area contributed by atoms with Gasteiger partial charge in [-0.25, -0.2) is 9.48 Å². The summed E-state index contributed by atoms with van der Waals surface area (Å²) in [5.74, 6) is -1.25. The van der Waals surface area contributed by atoms with Crippen molar-refractivity contribution in [2.45, 2.75) is 38.1 Å². The minimum Gasteiger partial charge on any atom is -0.465 e. The van der Waals surface area contributed by atoms with Crippen LogP contribution < -0.4 is 5.32 Å². The molecule has 0 spiro atoms. The third-order valence-corrected chi connectivity index (χ3v) is 7.43. The molecule has 1 aromatic heterocycles. The predicted octanol–water partition coefficient (Wildman–Crippen LogP) is 3.94. The number of methoxy groups -OCH3 is 1. The summed E-state index contributed by atoms with van der Waals surface area (Å²) in [7, 11) is 1.30. The van der Waals surface area contributed by atoms with Crippen molar-refractivity contribution in [1.82, 2.24) is 25.2 Å². The Kier molecular flexibility index (Phi) is 8.91. The first-order chi connectivity index (χ1) is 19.9. The van der Waals surface area contributed by atoms with Gasteiger partial charge >= 0.3 is 5.97 Å². The zero-order valence-corrected chi connectivity index (χ0v) is 23.3. The van der Waals surface area contributed by atoms with Gasteiger partial charge in [0.1, 0.15) is 18.1 Å². The van der Waals surface area contributed by atoms with Crippen molar-refractivity contribution in [1.29, 1.82) is 0 Å². The standard InChI is InChI=1S/C30H30ClN5O5/c1-40-30(39)21-14-12-20(13-15-21)28(29(38)32-17-23-8-6-16-41-23)35(18-22-7-2-3-9-24(22)31)27(37)19-36-26-11-5-4-10-25(26)33-34-36/h2-5,7,9-15,23,28H,6,8,16-19H2,1H3,(H,32,38). The number of amides is 2. The Bertz CT molecular complexity index is 1530. The zero-order valence-electron chi connectivity index (χ0n) is 22.5. The van der Waals surface area contributed by atoms with E-state index < -0.39 is 12.0 Å². The molecule has 4 aromatic rings. The van der Waals surface area contributed by atoms with Crippen LogP contribution in [0.2, 0.25) is 5.02 Å². The first-order valence-corrected chi connectivity index (χ1v) is 13.7. The molecule has 11 heteroatoms. The number of fused-ring (bicyclic) bond motifs is 1. The number of carbonyl (C=O) groups is 3. The molecule has 2 amide bonds. The maximum Gasteiger partial charge on any atom is 0.337 e. The second-order valence-electron chi connectivity index (χ2n) is 9.75. The Morgan fingerprint density at radius 2 is 1.85 bits per heavy atom. The van der Waals surface area contributed by atoms with Crippen molar-refractivity contribution in [2.24, 2.45) is 0 Å². The van der Waals surface area contributed by atoms with Crippen LogP contribution in [0.3, 0.4) is 0 Å². The highest BCUT2D eigenvalue weighted by Gasteiger charge is 2.33. The number of halogens is 1. The van der Waals surface area contributed by atoms with E-state index >= 15 is 0 Å². The fraction of sp³-hybridized carbons (Fsp3) is 0.300. The van der Waals surface area contributed by atoms with Gasteiger partial charge in [0.25, 0.3) is 0 Å². The van der Waals surface area contributed by atoms with Gasteiger partial charge < -0.3 is 19.7 Å². The van der Waals surface area contributed by atoms with Crippen molar-refractivity contribution in [3.8, 4) is 0 Å². The van der Waals surface area contributed by atoms with Gasteiger partial charge in [0.15, 0.2) is 0 Å². The normalized spacial score (nSPS) is 15.4. The summed E-state index contributed by atoms with van der Waals surface area (Å²) in [6.07, 6.45) is 1.69. The Morgan fingerprint density at radius 1 is 1.10 bits per heavy atom. The number of ether oxygens (including phenoxy) is 2. The zero-order chi connectivity index (χ0) is 28.8. The summed E-state index contributed by atoms with van der Waals surface area (Å²) in [6.45, 7) is 0.877. The second-order valence-corrected chi connectivity index (χ2v) is 10.2. The lowest BCUT2D eigenvalue weighted by atomic mass is 10.0. The van der Waals surface area contributed by atoms with Crippen LogP contribution in [0.5, 0.6) is 0 Å². The van der Waals surface area contributed by atoms with Crippen LogP contribution in [0, 0.1) is 0 Å². The highest BCUT2D eigenvalue weighted by atomic mass is 35.5. The molecular formula is C30H30ClN5O5. The Hall–Kier alpha value is -4.28. The molecule has 5 rings (SSSR count). The van der Waals surface area contributed by atoms with Gasteiger partial charge in [0.05, 0.1) is 24.3 Å². The minimum absolute atomic E-state index is 0.0574. The van der Waals surface area contributed by atoms with Crippen molar-refractivity contribution in [2.75, 3.05) is 20.3 Å². The number of aromatic nitrogens is 3. The summed E-state index contributed by atoms with van der Waals surface area (Å²) in [4.78, 5) is 41.5. The smallest absolute Gasteiger partial charge is 0.337 e. The third-order valence-electron chi connectivity index (χ3n) is 7.06. The molecule has 0 bridgehead atoms. The van der Waals surface area contributed by atoms with Gasteiger partial charge in [0.2, 0.25) is 11.8 Å². The number of para-hydroxylation sites is 1. The van der Waals surface area contributed by atoms with Gasteiger partial charge in [-0.15, -0.1) is 5.10 Å². The highest BCUT2D eigenvalue weighted by molar-refractivity contribution is 6.31. The average molecular weight is 576 g/mol. The second kappa shape index (κ2) is 12.9. The summed E-state index contributed by atoms with van der Waals surface area (Å²) in [5.41, 5.74) is 2.87. The highest BCUT2D eigenvalue weighted by Crippen LogP contribution is 2.28. The van der Waals surface area contributed by atoms with E-state index in [4.69, 9.17) is 21.1 Å². The monoisotopic (exact) mass is 575 g/mol. The van der Waals surface area contributed by atoms with Gasteiger partial charge in [-0.2, -0.15) is 0 Å². The molecule has 3 aromatic carbocycles. The van der Waals surface area contributed by atoms with Gasteiger partial charge in [-0.05, 0) is 54.3 Å². The number of carbonyl (C=O) groups excluding carboxylic acids is 3. The van der Waals surface area contributed by atoms with Crippen LogP contribution in [-0.2, 0) is 32.2 Å². The molecule has 2 unspecified atom stereocenters. The lowest BCUT2D eigenvalue weighted by Gasteiger charge is -2.32. The van der Waals surface area contributed by atoms with Crippen LogP contribution in [0.15, 0.2) is 72.8 Å². The SMILES string of the molecule is COC(=O)c1ccc(C(C(=O)NCC2CCCO2)N(Cc2ccccc2Cl)C(=O)Cn2nnc3ccccc32)cc1. The number of nitrogens with one attached hydrogen (secondary N) is 1. The summed E-state index contributed by atoms with van der Waals surface area (Å²) in [5, 5.41) is 11.8. The molecule has 0 saturated carbocycles. The van der Waals surface area contributed by atoms with Gasteiger partial charge in [-0.1, -0.05) is 59.3 Å². The molecule has 41 heavy (non-hydrogen) atoms. The Balaban J connectivity index is 1.52. The number of esters is 1. The van der Waals surface area contributed by atoms with Crippen LogP contribution in [0.25, 0.3) is 11.0 Å². The lowest BCUT2D eigenvalue weighted by Crippen LogP contribution is -2.46. The molecule has 0 aliphatic carbocycles. The van der Waals surface area contributed by atoms with Crippen LogP contribution >= 0.6 is 11.6 Å². The van der Waals surface area contributed by atoms with Crippen molar-refractivity contribution in [3.05, 3.63) is 94.5 Å². The minimum atomic E-state index is -1.04. The van der Waals surface area contributed by atoms with Crippen LogP contribution in [-0.4, -0.2) is 64.0 Å². The number of hydrogen-bond donors (Lipinski definition) is 1. The number of hydrogen-bond acceptors (Lipinski definition) is 7. The van der Waals surface area contributed by atoms with E-state index in [-0.39, 0.29) is 31.0 Å². The molecule has 212 valence electrons. The molecule has 2 atom stereocenters. The topological polar surface area (TPSA) is 116 Å². The maximum absolute atomic E-state index is 14.1. The van der Waals surface area contributed by atoms with Crippen molar-refractivity contribution >= 4 is 40.4 Å². The molecule has 2 heterocycles. The molecule has 0 radical (unpaired) electrons. The van der Waals surface area contributed by atoms with Gasteiger partial charge in [-0.3, -0.25) is 9.59 Å². The van der Waals surface area contributed by atoms with E-state index in [2.05, 4.69) is 15.6 Å². The fourth-order valence-corrected chi connectivity index (χ4v) is 5.09.